The molecule has 20 rings (SSSR count). The average molecular weight is 1490 g/mol. The zero-order valence-electron chi connectivity index (χ0n) is 73.6. The second-order valence-electron chi connectivity index (χ2n) is 30.3. The van der Waals surface area contributed by atoms with Crippen LogP contribution in [0.2, 0.25) is 0 Å². The zero-order chi connectivity index (χ0) is 85.6. The molecule has 0 amide bonds. The molecule has 0 saturated heterocycles. The minimum Gasteiger partial charge on any atom is -0.494 e. The topological polar surface area (TPSA) is 24.9 Å². The Labute approximate surface area is 689 Å². The first kappa shape index (κ1) is 59.9. The third-order valence-corrected chi connectivity index (χ3v) is 24.3. The number of rotatable bonds is 24. The van der Waals surface area contributed by atoms with Crippen LogP contribution in [0, 0.1) is 0 Å². The maximum Gasteiger partial charge on any atom is 0.119 e. The molecular formula is C111H86N2O2. The third kappa shape index (κ3) is 12.0. The molecule has 16 aromatic carbocycles. The number of fused-ring (bicyclic) bond motifs is 16. The van der Waals surface area contributed by atoms with Crippen LogP contribution in [0.4, 0.5) is 34.1 Å². The van der Waals surface area contributed by atoms with E-state index in [0.717, 1.165) is 168 Å². The fourth-order valence-electron chi connectivity index (χ4n) is 19.2. The Bertz CT molecular complexity index is 6500. The number of hydrogen-bond acceptors (Lipinski definition) is 4. The molecule has 2 unspecified atom stereocenters. The second kappa shape index (κ2) is 29.7. The number of nitrogens with zero attached hydrogens (tertiary/aromatic N) is 2. The van der Waals surface area contributed by atoms with E-state index in [1.165, 1.54) is 0 Å². The van der Waals surface area contributed by atoms with Gasteiger partial charge in [-0.25, -0.2) is 0 Å². The highest BCUT2D eigenvalue weighted by atomic mass is 16.5. The Morgan fingerprint density at radius 3 is 0.930 bits per heavy atom. The fraction of sp³-hybridized carbons (Fsp3) is 0.0991. The van der Waals surface area contributed by atoms with Gasteiger partial charge in [0.2, 0.25) is 0 Å². The molecule has 552 valence electrons. The van der Waals surface area contributed by atoms with Crippen LogP contribution >= 0.6 is 0 Å². The molecule has 4 aliphatic rings. The summed E-state index contributed by atoms with van der Waals surface area (Å²) < 4.78 is 108. The SMILES string of the molecule is [2H]c1c([2H])c([2H])c(C2(CCCCOc3ccc(C=C)cc3)c3ccccc3-c3ccc(N(c4ccc(-c5ccccc5)cc4)c4ccc5c(c4)C4(c6ccccc6-c6ccccc64)c4cc(N(c6ccc(-c7ccccc7)cc6)c6ccc7c(c6)C(CCCCOc6ccc(C=C)cc6)(c6c([2H])c([2H])c([2H])c([2H])c6[2H])c6ccccc6-7)ccc4-5)cc32)c([2H])c1[2H]. The molecule has 4 heteroatoms. The Morgan fingerprint density at radius 1 is 0.270 bits per heavy atom. The predicted octanol–water partition coefficient (Wildman–Crippen LogP) is 28.7. The largest absolute Gasteiger partial charge is 0.494 e. The standard InChI is InChI=1S/C111H86N2O2/c1-3-77-45-61-91(62-46-77)114-71-27-25-69-109(83-33-13-7-14-34-83)101-41-21-17-37-93(101)97-65-57-87(73-105(97)109)112(85-53-49-81(50-54-85)79-29-9-5-10-30-79)89-59-67-99-100-68-60-90(76-108(100)111(107(99)75-89)103-43-23-19-39-95(103)96-40-20-24-44-104(96)111)113(86-55-51-82(52-56-86)80-31-11-6-12-32-80)88-58-66-98-94-38-18-22-42-102(94)110(106(98)74-88,84-35-15-8-16-36-84)70-26-28-72-115-92-63-47-78(4-2)48-64-92/h3-24,29-68,73-76H,1-2,25-28,69-72H2/i7D,8D,13D,14D,15D,16D,33D,34D,35D,36D. The van der Waals surface area contributed by atoms with Gasteiger partial charge in [0.25, 0.3) is 0 Å². The van der Waals surface area contributed by atoms with Crippen molar-refractivity contribution in [1.29, 1.82) is 0 Å². The van der Waals surface area contributed by atoms with Crippen molar-refractivity contribution in [1.82, 2.24) is 0 Å². The molecule has 4 nitrogen and oxygen atoms in total. The quantitative estimate of drug-likeness (QED) is 0.0563. The molecule has 1 spiro atoms. The monoisotopic (exact) mass is 1490 g/mol. The summed E-state index contributed by atoms with van der Waals surface area (Å²) in [6.07, 6.45) is 6.75. The molecule has 0 bridgehead atoms. The molecule has 0 saturated carbocycles. The smallest absolute Gasteiger partial charge is 0.119 e. The second-order valence-corrected chi connectivity index (χ2v) is 30.3. The number of ether oxygens (including phenoxy) is 2. The number of hydrogen-bond donors (Lipinski definition) is 0. The van der Waals surface area contributed by atoms with Crippen molar-refractivity contribution in [3.8, 4) is 78.3 Å². The summed E-state index contributed by atoms with van der Waals surface area (Å²) in [4.78, 5) is 4.64. The molecule has 0 aliphatic heterocycles. The summed E-state index contributed by atoms with van der Waals surface area (Å²) in [7, 11) is 0. The lowest BCUT2D eigenvalue weighted by atomic mass is 9.69. The zero-order valence-corrected chi connectivity index (χ0v) is 63.6. The van der Waals surface area contributed by atoms with Crippen LogP contribution in [0.25, 0.3) is 78.9 Å². The maximum absolute atomic E-state index is 9.97. The first-order valence-corrected chi connectivity index (χ1v) is 39.8. The summed E-state index contributed by atoms with van der Waals surface area (Å²) in [5.74, 6) is 1.46. The van der Waals surface area contributed by atoms with Crippen LogP contribution in [-0.4, -0.2) is 13.2 Å². The Morgan fingerprint density at radius 2 is 0.565 bits per heavy atom. The minimum atomic E-state index is -1.24. The van der Waals surface area contributed by atoms with Crippen LogP contribution in [0.15, 0.2) is 401 Å². The first-order valence-electron chi connectivity index (χ1n) is 44.8. The van der Waals surface area contributed by atoms with Gasteiger partial charge in [-0.2, -0.15) is 0 Å². The van der Waals surface area contributed by atoms with Crippen LogP contribution in [0.1, 0.15) is 119 Å². The lowest BCUT2D eigenvalue weighted by molar-refractivity contribution is 0.301. The highest BCUT2D eigenvalue weighted by Crippen LogP contribution is 2.65. The van der Waals surface area contributed by atoms with Gasteiger partial charge in [0.15, 0.2) is 0 Å². The van der Waals surface area contributed by atoms with Gasteiger partial charge in [-0.05, 0) is 269 Å². The summed E-state index contributed by atoms with van der Waals surface area (Å²) in [5.41, 5.74) is 24.1. The molecule has 0 heterocycles. The highest BCUT2D eigenvalue weighted by Gasteiger charge is 2.53. The molecule has 0 aromatic heterocycles. The molecule has 115 heavy (non-hydrogen) atoms. The molecule has 4 aliphatic carbocycles. The normalized spacial score (nSPS) is 16.3. The minimum absolute atomic E-state index is 0.229. The van der Waals surface area contributed by atoms with E-state index in [4.69, 9.17) is 12.2 Å². The van der Waals surface area contributed by atoms with Gasteiger partial charge in [-0.15, -0.1) is 0 Å². The van der Waals surface area contributed by atoms with E-state index < -0.39 is 52.5 Å². The van der Waals surface area contributed by atoms with E-state index >= 15 is 0 Å². The molecule has 2 atom stereocenters. The highest BCUT2D eigenvalue weighted by molar-refractivity contribution is 5.99. The van der Waals surface area contributed by atoms with Crippen molar-refractivity contribution in [3.63, 3.8) is 0 Å². The van der Waals surface area contributed by atoms with Crippen molar-refractivity contribution in [2.75, 3.05) is 23.0 Å². The molecular weight excluding hydrogens is 1390 g/mol. The van der Waals surface area contributed by atoms with E-state index in [-0.39, 0.29) is 35.3 Å². The Balaban J connectivity index is 0.774. The van der Waals surface area contributed by atoms with Crippen molar-refractivity contribution in [3.05, 3.63) is 468 Å². The van der Waals surface area contributed by atoms with Crippen LogP contribution < -0.4 is 19.3 Å². The lowest BCUT2D eigenvalue weighted by Crippen LogP contribution is -2.28. The van der Waals surface area contributed by atoms with Crippen molar-refractivity contribution in [2.45, 2.75) is 54.8 Å². The summed E-state index contributed by atoms with van der Waals surface area (Å²) >= 11 is 0. The molecule has 16 aromatic rings. The Hall–Kier alpha value is -13.8. The van der Waals surface area contributed by atoms with Crippen molar-refractivity contribution >= 4 is 46.3 Å². The Kier molecular flexibility index (Phi) is 15.5. The van der Waals surface area contributed by atoms with Gasteiger partial charge in [-0.1, -0.05) is 316 Å². The van der Waals surface area contributed by atoms with E-state index in [1.807, 2.05) is 84.9 Å². The molecule has 0 radical (unpaired) electrons. The van der Waals surface area contributed by atoms with E-state index in [0.29, 0.717) is 51.7 Å². The van der Waals surface area contributed by atoms with Crippen LogP contribution in [0.3, 0.4) is 0 Å². The van der Waals surface area contributed by atoms with Gasteiger partial charge in [0.05, 0.1) is 32.3 Å². The van der Waals surface area contributed by atoms with Crippen molar-refractivity contribution in [2.24, 2.45) is 0 Å². The van der Waals surface area contributed by atoms with Crippen LogP contribution in [-0.2, 0) is 16.2 Å². The van der Waals surface area contributed by atoms with Gasteiger partial charge in [0.1, 0.15) is 11.5 Å². The van der Waals surface area contributed by atoms with Gasteiger partial charge < -0.3 is 19.3 Å². The van der Waals surface area contributed by atoms with E-state index in [9.17, 15) is 11.0 Å². The molecule has 0 fully saturated rings. The van der Waals surface area contributed by atoms with Crippen LogP contribution in [0.5, 0.6) is 11.5 Å². The summed E-state index contributed by atoms with van der Waals surface area (Å²) in [6.45, 7) is 8.63. The van der Waals surface area contributed by atoms with E-state index in [2.05, 4.69) is 266 Å². The summed E-state index contributed by atoms with van der Waals surface area (Å²) in [5, 5.41) is 0. The van der Waals surface area contributed by atoms with Gasteiger partial charge in [-0.3, -0.25) is 0 Å². The average Bonchev–Trinajstić information content (AvgIpc) is 1.46. The lowest BCUT2D eigenvalue weighted by Gasteiger charge is -2.35. The summed E-state index contributed by atoms with van der Waals surface area (Å²) in [6, 6.07) is 111. The molecule has 0 N–H and O–H groups in total. The maximum atomic E-state index is 9.97. The number of benzene rings is 16. The predicted molar refractivity (Wildman–Crippen MR) is 478 cm³/mol. The van der Waals surface area contributed by atoms with Crippen molar-refractivity contribution < 1.29 is 23.2 Å². The number of unbranched alkanes of at least 4 members (excludes halogenated alkanes) is 2. The fourth-order valence-corrected chi connectivity index (χ4v) is 19.2. The van der Waals surface area contributed by atoms with Gasteiger partial charge >= 0.3 is 0 Å². The van der Waals surface area contributed by atoms with Gasteiger partial charge in [0, 0.05) is 45.0 Å². The van der Waals surface area contributed by atoms with E-state index in [1.54, 1.807) is 12.2 Å². The first-order chi connectivity index (χ1) is 61.0. The number of anilines is 6. The third-order valence-electron chi connectivity index (χ3n) is 24.3.